The van der Waals surface area contributed by atoms with Gasteiger partial charge in [-0.25, -0.2) is 4.98 Å². The second kappa shape index (κ2) is 5.56. The number of aromatic nitrogens is 1. The average Bonchev–Trinajstić information content (AvgIpc) is 3.29. The average molecular weight is 325 g/mol. The topological polar surface area (TPSA) is 12.9 Å². The van der Waals surface area contributed by atoms with Crippen molar-refractivity contribution in [1.29, 1.82) is 0 Å². The molecule has 0 saturated heterocycles. The van der Waals surface area contributed by atoms with Gasteiger partial charge in [0.1, 0.15) is 0 Å². The summed E-state index contributed by atoms with van der Waals surface area (Å²) in [7, 11) is 0. The number of hydrogen-bond acceptors (Lipinski definition) is 4. The first-order valence-corrected chi connectivity index (χ1v) is 9.18. The smallest absolute Gasteiger partial charge is 0.0816 e. The van der Waals surface area contributed by atoms with Crippen LogP contribution < -0.4 is 0 Å². The van der Waals surface area contributed by atoms with E-state index >= 15 is 0 Å². The Morgan fingerprint density at radius 1 is 0.619 bits per heavy atom. The van der Waals surface area contributed by atoms with E-state index in [0.29, 0.717) is 0 Å². The van der Waals surface area contributed by atoms with Crippen molar-refractivity contribution in [1.82, 2.24) is 4.98 Å². The van der Waals surface area contributed by atoms with Crippen molar-refractivity contribution < 1.29 is 0 Å². The van der Waals surface area contributed by atoms with E-state index in [1.165, 1.54) is 20.2 Å². The second-order valence-corrected chi connectivity index (χ2v) is 7.40. The molecule has 21 heavy (non-hydrogen) atoms. The van der Waals surface area contributed by atoms with E-state index < -0.39 is 0 Å². The summed E-state index contributed by atoms with van der Waals surface area (Å²) in [6.07, 6.45) is 0. The van der Waals surface area contributed by atoms with Crippen LogP contribution in [0.1, 0.15) is 0 Å². The number of nitrogens with zero attached hydrogens (tertiary/aromatic N) is 1. The summed E-state index contributed by atoms with van der Waals surface area (Å²) >= 11 is 5.23. The van der Waals surface area contributed by atoms with Gasteiger partial charge in [-0.3, -0.25) is 0 Å². The molecular formula is C17H11NS3. The van der Waals surface area contributed by atoms with E-state index in [0.717, 1.165) is 11.4 Å². The minimum atomic E-state index is 1.05. The van der Waals surface area contributed by atoms with Crippen molar-refractivity contribution in [3.63, 3.8) is 0 Å². The standard InChI is InChI=1S/C17H11NS3/c1-4-15(19-7-1)12-10-13(16-5-2-8-20-16)18-14(11-12)17-6-3-9-21-17/h1-11H. The van der Waals surface area contributed by atoms with Gasteiger partial charge in [0.05, 0.1) is 21.1 Å². The molecule has 0 aliphatic carbocycles. The van der Waals surface area contributed by atoms with Crippen LogP contribution in [0.3, 0.4) is 0 Å². The summed E-state index contributed by atoms with van der Waals surface area (Å²) < 4.78 is 0. The van der Waals surface area contributed by atoms with Crippen LogP contribution >= 0.6 is 34.0 Å². The van der Waals surface area contributed by atoms with E-state index in [9.17, 15) is 0 Å². The Hall–Kier alpha value is -1.75. The summed E-state index contributed by atoms with van der Waals surface area (Å²) in [5.41, 5.74) is 3.35. The molecule has 0 aromatic carbocycles. The van der Waals surface area contributed by atoms with Crippen LogP contribution in [0.2, 0.25) is 0 Å². The molecule has 0 fully saturated rings. The monoisotopic (exact) mass is 325 g/mol. The highest BCUT2D eigenvalue weighted by Gasteiger charge is 2.10. The largest absolute Gasteiger partial charge is 0.246 e. The molecule has 0 bridgehead atoms. The molecule has 0 N–H and O–H groups in total. The summed E-state index contributed by atoms with van der Waals surface area (Å²) in [6, 6.07) is 17.0. The molecule has 4 heterocycles. The maximum absolute atomic E-state index is 4.85. The molecule has 1 nitrogen and oxygen atoms in total. The summed E-state index contributed by atoms with van der Waals surface area (Å²) in [6.45, 7) is 0. The zero-order chi connectivity index (χ0) is 14.1. The first kappa shape index (κ1) is 13.0. The highest BCUT2D eigenvalue weighted by atomic mass is 32.1. The van der Waals surface area contributed by atoms with Gasteiger partial charge < -0.3 is 0 Å². The molecule has 0 spiro atoms. The van der Waals surface area contributed by atoms with Crippen LogP contribution in [0.4, 0.5) is 0 Å². The van der Waals surface area contributed by atoms with Gasteiger partial charge in [0.2, 0.25) is 0 Å². The molecular weight excluding hydrogens is 314 g/mol. The Balaban J connectivity index is 1.92. The first-order valence-electron chi connectivity index (χ1n) is 6.54. The Labute approximate surface area is 135 Å². The van der Waals surface area contributed by atoms with Gasteiger partial charge in [-0.05, 0) is 52.0 Å². The van der Waals surface area contributed by atoms with Crippen molar-refractivity contribution in [2.75, 3.05) is 0 Å². The predicted molar refractivity (Wildman–Crippen MR) is 94.2 cm³/mol. The van der Waals surface area contributed by atoms with Crippen LogP contribution in [0, 0.1) is 0 Å². The number of hydrogen-bond donors (Lipinski definition) is 0. The molecule has 0 amide bonds. The Kier molecular flexibility index (Phi) is 3.43. The van der Waals surface area contributed by atoms with Crippen LogP contribution in [0.15, 0.2) is 64.7 Å². The fourth-order valence-corrected chi connectivity index (χ4v) is 4.30. The third kappa shape index (κ3) is 2.58. The van der Waals surface area contributed by atoms with Crippen molar-refractivity contribution in [3.8, 4) is 31.6 Å². The van der Waals surface area contributed by atoms with E-state index in [2.05, 4.69) is 64.7 Å². The zero-order valence-corrected chi connectivity index (χ0v) is 13.5. The van der Waals surface area contributed by atoms with Crippen LogP contribution in [0.25, 0.3) is 31.6 Å². The first-order chi connectivity index (χ1) is 10.4. The van der Waals surface area contributed by atoms with Gasteiger partial charge in [-0.15, -0.1) is 34.0 Å². The quantitative estimate of drug-likeness (QED) is 0.433. The van der Waals surface area contributed by atoms with E-state index in [4.69, 9.17) is 4.98 Å². The molecule has 0 aliphatic rings. The van der Waals surface area contributed by atoms with Gasteiger partial charge >= 0.3 is 0 Å². The summed E-state index contributed by atoms with van der Waals surface area (Å²) in [5.74, 6) is 0. The molecule has 102 valence electrons. The van der Waals surface area contributed by atoms with Crippen molar-refractivity contribution in [2.24, 2.45) is 0 Å². The highest BCUT2D eigenvalue weighted by Crippen LogP contribution is 2.34. The third-order valence-electron chi connectivity index (χ3n) is 3.18. The molecule has 0 aliphatic heterocycles. The lowest BCUT2D eigenvalue weighted by atomic mass is 10.1. The molecule has 0 unspecified atom stereocenters. The molecule has 0 atom stereocenters. The Bertz CT molecular complexity index is 701. The molecule has 0 saturated carbocycles. The van der Waals surface area contributed by atoms with Gasteiger partial charge in [0, 0.05) is 4.88 Å². The third-order valence-corrected chi connectivity index (χ3v) is 5.88. The summed E-state index contributed by atoms with van der Waals surface area (Å²) in [4.78, 5) is 8.57. The van der Waals surface area contributed by atoms with Crippen LogP contribution in [0.5, 0.6) is 0 Å². The normalized spacial score (nSPS) is 10.9. The van der Waals surface area contributed by atoms with Crippen molar-refractivity contribution >= 4 is 34.0 Å². The van der Waals surface area contributed by atoms with Crippen molar-refractivity contribution in [2.45, 2.75) is 0 Å². The van der Waals surface area contributed by atoms with Crippen LogP contribution in [-0.4, -0.2) is 4.98 Å². The van der Waals surface area contributed by atoms with Gasteiger partial charge in [-0.2, -0.15) is 0 Å². The lowest BCUT2D eigenvalue weighted by Gasteiger charge is -2.06. The fourth-order valence-electron chi connectivity index (χ4n) is 2.22. The predicted octanol–water partition coefficient (Wildman–Crippen LogP) is 6.27. The van der Waals surface area contributed by atoms with E-state index in [1.807, 2.05) is 0 Å². The Morgan fingerprint density at radius 3 is 1.52 bits per heavy atom. The zero-order valence-electron chi connectivity index (χ0n) is 11.0. The minimum Gasteiger partial charge on any atom is -0.246 e. The highest BCUT2D eigenvalue weighted by molar-refractivity contribution is 7.14. The van der Waals surface area contributed by atoms with Gasteiger partial charge in [-0.1, -0.05) is 18.2 Å². The SMILES string of the molecule is c1csc(-c2cc(-c3cccs3)nc(-c3cccs3)c2)c1. The summed E-state index contributed by atoms with van der Waals surface area (Å²) in [5, 5.41) is 6.31. The molecule has 4 heteroatoms. The maximum atomic E-state index is 4.85. The number of rotatable bonds is 3. The number of pyridine rings is 1. The van der Waals surface area contributed by atoms with Gasteiger partial charge in [0.25, 0.3) is 0 Å². The van der Waals surface area contributed by atoms with Crippen LogP contribution in [-0.2, 0) is 0 Å². The lowest BCUT2D eigenvalue weighted by Crippen LogP contribution is -1.87. The van der Waals surface area contributed by atoms with E-state index in [1.54, 1.807) is 34.0 Å². The second-order valence-electron chi connectivity index (χ2n) is 4.56. The fraction of sp³-hybridized carbons (Fsp3) is 0. The molecule has 4 aromatic rings. The molecule has 4 aromatic heterocycles. The lowest BCUT2D eigenvalue weighted by molar-refractivity contribution is 1.35. The number of thiophene rings is 3. The van der Waals surface area contributed by atoms with E-state index in [-0.39, 0.29) is 0 Å². The molecule has 4 rings (SSSR count). The minimum absolute atomic E-state index is 1.05. The molecule has 0 radical (unpaired) electrons. The maximum Gasteiger partial charge on any atom is 0.0816 e. The Morgan fingerprint density at radius 2 is 1.10 bits per heavy atom. The van der Waals surface area contributed by atoms with Gasteiger partial charge in [0.15, 0.2) is 0 Å². The van der Waals surface area contributed by atoms with Crippen molar-refractivity contribution in [3.05, 3.63) is 64.7 Å².